The summed E-state index contributed by atoms with van der Waals surface area (Å²) >= 11 is 5.62. The topological polar surface area (TPSA) is 30.7 Å². The molecule has 1 heterocycles. The van der Waals surface area contributed by atoms with Gasteiger partial charge in [0, 0.05) is 0 Å². The molecular formula is C6H9Cl2N3. The van der Waals surface area contributed by atoms with Crippen molar-refractivity contribution in [3.8, 4) is 0 Å². The van der Waals surface area contributed by atoms with Crippen molar-refractivity contribution >= 4 is 24.0 Å². The average Bonchev–Trinajstić information content (AvgIpc) is 2.69. The SMILES string of the molecule is Cl.ClCc1ncnn1C1CC1. The van der Waals surface area contributed by atoms with Gasteiger partial charge >= 0.3 is 0 Å². The molecule has 0 amide bonds. The molecule has 0 aromatic carbocycles. The van der Waals surface area contributed by atoms with Crippen LogP contribution in [0.15, 0.2) is 6.33 Å². The molecule has 0 atom stereocenters. The monoisotopic (exact) mass is 193 g/mol. The van der Waals surface area contributed by atoms with Gasteiger partial charge in [0.25, 0.3) is 0 Å². The highest BCUT2D eigenvalue weighted by molar-refractivity contribution is 6.16. The highest BCUT2D eigenvalue weighted by Crippen LogP contribution is 2.34. The maximum absolute atomic E-state index is 5.62. The standard InChI is InChI=1S/C6H8ClN3.ClH/c7-3-6-8-4-9-10(6)5-1-2-5;/h4-5H,1-3H2;1H. The lowest BCUT2D eigenvalue weighted by atomic mass is 10.6. The zero-order valence-corrected chi connectivity index (χ0v) is 7.48. The Kier molecular flexibility index (Phi) is 2.73. The van der Waals surface area contributed by atoms with Crippen molar-refractivity contribution in [2.45, 2.75) is 24.8 Å². The normalized spacial score (nSPS) is 16.1. The van der Waals surface area contributed by atoms with Crippen molar-refractivity contribution in [1.29, 1.82) is 0 Å². The Hall–Kier alpha value is -0.280. The van der Waals surface area contributed by atoms with E-state index in [4.69, 9.17) is 11.6 Å². The summed E-state index contributed by atoms with van der Waals surface area (Å²) in [6.45, 7) is 0. The van der Waals surface area contributed by atoms with Crippen LogP contribution in [0.5, 0.6) is 0 Å². The van der Waals surface area contributed by atoms with Gasteiger partial charge in [0.2, 0.25) is 0 Å². The third-order valence-electron chi connectivity index (χ3n) is 1.66. The Labute approximate surface area is 76.2 Å². The number of nitrogens with zero attached hydrogens (tertiary/aromatic N) is 3. The van der Waals surface area contributed by atoms with Crippen LogP contribution in [0, 0.1) is 0 Å². The van der Waals surface area contributed by atoms with Crippen molar-refractivity contribution in [2.75, 3.05) is 0 Å². The summed E-state index contributed by atoms with van der Waals surface area (Å²) in [5, 5.41) is 4.07. The summed E-state index contributed by atoms with van der Waals surface area (Å²) in [4.78, 5) is 4.02. The molecule has 0 spiro atoms. The Morgan fingerprint density at radius 1 is 1.64 bits per heavy atom. The van der Waals surface area contributed by atoms with E-state index in [1.54, 1.807) is 6.33 Å². The first-order valence-corrected chi connectivity index (χ1v) is 3.89. The minimum absolute atomic E-state index is 0. The van der Waals surface area contributed by atoms with E-state index >= 15 is 0 Å². The van der Waals surface area contributed by atoms with E-state index in [-0.39, 0.29) is 12.4 Å². The smallest absolute Gasteiger partial charge is 0.142 e. The van der Waals surface area contributed by atoms with E-state index < -0.39 is 0 Å². The highest BCUT2D eigenvalue weighted by atomic mass is 35.5. The molecule has 1 saturated carbocycles. The highest BCUT2D eigenvalue weighted by Gasteiger charge is 2.26. The van der Waals surface area contributed by atoms with Crippen molar-refractivity contribution in [1.82, 2.24) is 14.8 Å². The predicted molar refractivity (Wildman–Crippen MR) is 45.1 cm³/mol. The molecule has 0 saturated heterocycles. The molecule has 0 radical (unpaired) electrons. The molecular weight excluding hydrogens is 185 g/mol. The molecule has 1 aromatic heterocycles. The van der Waals surface area contributed by atoms with Crippen LogP contribution in [0.2, 0.25) is 0 Å². The van der Waals surface area contributed by atoms with Crippen LogP contribution in [0.4, 0.5) is 0 Å². The van der Waals surface area contributed by atoms with Crippen LogP contribution in [-0.2, 0) is 5.88 Å². The lowest BCUT2D eigenvalue weighted by Gasteiger charge is -1.97. The maximum Gasteiger partial charge on any atom is 0.142 e. The second-order valence-electron chi connectivity index (χ2n) is 2.49. The molecule has 1 aliphatic rings. The van der Waals surface area contributed by atoms with Gasteiger partial charge < -0.3 is 0 Å². The number of halogens is 2. The lowest BCUT2D eigenvalue weighted by Crippen LogP contribution is -2.00. The molecule has 2 rings (SSSR count). The van der Waals surface area contributed by atoms with Crippen LogP contribution < -0.4 is 0 Å². The summed E-state index contributed by atoms with van der Waals surface area (Å²) < 4.78 is 1.92. The van der Waals surface area contributed by atoms with Crippen LogP contribution in [0.1, 0.15) is 24.7 Å². The van der Waals surface area contributed by atoms with Gasteiger partial charge in [-0.15, -0.1) is 24.0 Å². The summed E-state index contributed by atoms with van der Waals surface area (Å²) in [6.07, 6.45) is 4.02. The average molecular weight is 194 g/mol. The van der Waals surface area contributed by atoms with E-state index in [0.717, 1.165) is 5.82 Å². The zero-order valence-electron chi connectivity index (χ0n) is 5.90. The molecule has 0 bridgehead atoms. The third-order valence-corrected chi connectivity index (χ3v) is 1.90. The van der Waals surface area contributed by atoms with Gasteiger partial charge in [0.1, 0.15) is 12.2 Å². The molecule has 3 nitrogen and oxygen atoms in total. The zero-order chi connectivity index (χ0) is 6.97. The van der Waals surface area contributed by atoms with Crippen LogP contribution in [0.3, 0.4) is 0 Å². The summed E-state index contributed by atoms with van der Waals surface area (Å²) in [5.41, 5.74) is 0. The number of alkyl halides is 1. The fourth-order valence-electron chi connectivity index (χ4n) is 0.994. The number of aromatic nitrogens is 3. The van der Waals surface area contributed by atoms with E-state index in [0.29, 0.717) is 11.9 Å². The Morgan fingerprint density at radius 3 is 2.91 bits per heavy atom. The van der Waals surface area contributed by atoms with Gasteiger partial charge in [0.05, 0.1) is 11.9 Å². The third kappa shape index (κ3) is 1.65. The molecule has 11 heavy (non-hydrogen) atoms. The lowest BCUT2D eigenvalue weighted by molar-refractivity contribution is 0.614. The quantitative estimate of drug-likeness (QED) is 0.671. The molecule has 5 heteroatoms. The number of rotatable bonds is 2. The van der Waals surface area contributed by atoms with Gasteiger partial charge in [-0.3, -0.25) is 0 Å². The van der Waals surface area contributed by atoms with Crippen molar-refractivity contribution < 1.29 is 0 Å². The number of hydrogen-bond acceptors (Lipinski definition) is 2. The van der Waals surface area contributed by atoms with Crippen molar-refractivity contribution in [2.24, 2.45) is 0 Å². The summed E-state index contributed by atoms with van der Waals surface area (Å²) in [7, 11) is 0. The van der Waals surface area contributed by atoms with Gasteiger partial charge in [-0.25, -0.2) is 9.67 Å². The molecule has 1 aliphatic carbocycles. The van der Waals surface area contributed by atoms with Crippen LogP contribution in [0.25, 0.3) is 0 Å². The largest absolute Gasteiger partial charge is 0.246 e. The van der Waals surface area contributed by atoms with E-state index in [1.807, 2.05) is 4.68 Å². The molecule has 0 N–H and O–H groups in total. The maximum atomic E-state index is 5.62. The van der Waals surface area contributed by atoms with E-state index in [9.17, 15) is 0 Å². The van der Waals surface area contributed by atoms with Gasteiger partial charge in [-0.1, -0.05) is 0 Å². The molecule has 1 aromatic rings. The minimum atomic E-state index is 0. The first kappa shape index (κ1) is 8.81. The fourth-order valence-corrected chi connectivity index (χ4v) is 1.19. The van der Waals surface area contributed by atoms with Crippen molar-refractivity contribution in [3.05, 3.63) is 12.2 Å². The van der Waals surface area contributed by atoms with Gasteiger partial charge in [-0.05, 0) is 12.8 Å². The number of hydrogen-bond donors (Lipinski definition) is 0. The van der Waals surface area contributed by atoms with E-state index in [2.05, 4.69) is 10.1 Å². The summed E-state index contributed by atoms with van der Waals surface area (Å²) in [5.74, 6) is 1.36. The van der Waals surface area contributed by atoms with Gasteiger partial charge in [0.15, 0.2) is 0 Å². The molecule has 0 unspecified atom stereocenters. The molecule has 0 aliphatic heterocycles. The van der Waals surface area contributed by atoms with Gasteiger partial charge in [-0.2, -0.15) is 5.10 Å². The van der Waals surface area contributed by atoms with E-state index in [1.165, 1.54) is 12.8 Å². The minimum Gasteiger partial charge on any atom is -0.246 e. The first-order valence-electron chi connectivity index (χ1n) is 3.36. The molecule has 1 fully saturated rings. The predicted octanol–water partition coefficient (Wildman–Crippen LogP) is 1.77. The Bertz CT molecular complexity index is 231. The molecule has 62 valence electrons. The Morgan fingerprint density at radius 2 is 2.36 bits per heavy atom. The van der Waals surface area contributed by atoms with Crippen LogP contribution in [-0.4, -0.2) is 14.8 Å². The summed E-state index contributed by atoms with van der Waals surface area (Å²) in [6, 6.07) is 0.594. The van der Waals surface area contributed by atoms with Crippen molar-refractivity contribution in [3.63, 3.8) is 0 Å². The Balaban J connectivity index is 0.000000605. The second-order valence-corrected chi connectivity index (χ2v) is 2.75. The second kappa shape index (κ2) is 3.41. The fraction of sp³-hybridized carbons (Fsp3) is 0.667. The first-order chi connectivity index (χ1) is 4.92. The van der Waals surface area contributed by atoms with Crippen LogP contribution >= 0.6 is 24.0 Å².